The number of nitrogens with zero attached hydrogens (tertiary/aromatic N) is 4. The lowest BCUT2D eigenvalue weighted by molar-refractivity contribution is 0.0953. The van der Waals surface area contributed by atoms with Gasteiger partial charge in [-0.2, -0.15) is 5.10 Å². The fourth-order valence-corrected chi connectivity index (χ4v) is 3.33. The fraction of sp³-hybridized carbons (Fsp3) is 0.217. The van der Waals surface area contributed by atoms with Crippen LogP contribution in [0.2, 0.25) is 0 Å². The lowest BCUT2D eigenvalue weighted by Crippen LogP contribution is -2.29. The quantitative estimate of drug-likeness (QED) is 0.428. The number of nitrogens with one attached hydrogen (secondary N) is 2. The monoisotopic (exact) mass is 416 g/mol. The van der Waals surface area contributed by atoms with Crippen molar-refractivity contribution in [2.75, 3.05) is 25.0 Å². The number of rotatable bonds is 8. The van der Waals surface area contributed by atoms with E-state index in [-0.39, 0.29) is 5.91 Å². The first-order valence-electron chi connectivity index (χ1n) is 10.2. The van der Waals surface area contributed by atoms with Gasteiger partial charge in [-0.3, -0.25) is 4.79 Å². The number of hydrogen-bond acceptors (Lipinski definition) is 6. The van der Waals surface area contributed by atoms with Gasteiger partial charge in [0.2, 0.25) is 0 Å². The molecule has 158 valence electrons. The van der Waals surface area contributed by atoms with Gasteiger partial charge >= 0.3 is 0 Å². The third kappa shape index (κ3) is 4.63. The average Bonchev–Trinajstić information content (AvgIpc) is 3.23. The van der Waals surface area contributed by atoms with Crippen molar-refractivity contribution in [1.29, 1.82) is 0 Å². The van der Waals surface area contributed by atoms with Crippen LogP contribution in [0.25, 0.3) is 16.6 Å². The zero-order chi connectivity index (χ0) is 21.6. The molecule has 0 bridgehead atoms. The molecule has 0 aliphatic rings. The second-order valence-electron chi connectivity index (χ2n) is 6.94. The molecule has 0 fully saturated rings. The highest BCUT2D eigenvalue weighted by atomic mass is 16.5. The summed E-state index contributed by atoms with van der Waals surface area (Å²) in [5, 5.41) is 12.4. The molecule has 0 saturated carbocycles. The van der Waals surface area contributed by atoms with Crippen LogP contribution in [-0.4, -0.2) is 45.4 Å². The van der Waals surface area contributed by atoms with Gasteiger partial charge in [0.25, 0.3) is 5.91 Å². The van der Waals surface area contributed by atoms with Gasteiger partial charge in [0.05, 0.1) is 17.9 Å². The molecule has 4 rings (SSSR count). The Balaban J connectivity index is 1.41. The summed E-state index contributed by atoms with van der Waals surface area (Å²) in [7, 11) is 0. The van der Waals surface area contributed by atoms with Crippen molar-refractivity contribution in [2.24, 2.45) is 0 Å². The second-order valence-corrected chi connectivity index (χ2v) is 6.94. The number of carbonyl (C=O) groups is 1. The summed E-state index contributed by atoms with van der Waals surface area (Å²) in [5.41, 5.74) is 1.47. The molecule has 2 aromatic heterocycles. The van der Waals surface area contributed by atoms with Crippen molar-refractivity contribution in [2.45, 2.75) is 13.8 Å². The number of hydrogen-bond donors (Lipinski definition) is 2. The summed E-state index contributed by atoms with van der Waals surface area (Å²) in [6.07, 6.45) is 3.33. The number of anilines is 1. The molecule has 2 N–H and O–H groups in total. The lowest BCUT2D eigenvalue weighted by Gasteiger charge is -2.14. The molecule has 8 heteroatoms. The number of aryl methyl sites for hydroxylation is 1. The molecule has 1 amide bonds. The van der Waals surface area contributed by atoms with Gasteiger partial charge in [0.1, 0.15) is 17.9 Å². The molecule has 8 nitrogen and oxygen atoms in total. The number of aromatic nitrogens is 4. The Morgan fingerprint density at radius 2 is 1.97 bits per heavy atom. The van der Waals surface area contributed by atoms with E-state index in [4.69, 9.17) is 4.74 Å². The van der Waals surface area contributed by atoms with Crippen molar-refractivity contribution in [1.82, 2.24) is 25.1 Å². The summed E-state index contributed by atoms with van der Waals surface area (Å²) in [4.78, 5) is 21.4. The van der Waals surface area contributed by atoms with Crippen LogP contribution in [0.3, 0.4) is 0 Å². The van der Waals surface area contributed by atoms with Crippen LogP contribution in [-0.2, 0) is 0 Å². The summed E-state index contributed by atoms with van der Waals surface area (Å²) in [5.74, 6) is 1.75. The largest absolute Gasteiger partial charge is 0.493 e. The van der Waals surface area contributed by atoms with E-state index in [9.17, 15) is 4.79 Å². The molecule has 2 aromatic carbocycles. The highest BCUT2D eigenvalue weighted by Gasteiger charge is 2.16. The standard InChI is InChI=1S/C23H24N6O2/c1-3-31-19-9-8-17-6-4-5-7-18(17)22(19)23(30)25-12-11-24-20-14-21(27-15-26-20)29-13-10-16(2)28-29/h4-10,13-15H,3,11-12H2,1-2H3,(H,25,30)(H,24,26,27). The molecular formula is C23H24N6O2. The SMILES string of the molecule is CCOc1ccc2ccccc2c1C(=O)NCCNc1cc(-n2ccc(C)n2)ncn1. The van der Waals surface area contributed by atoms with E-state index >= 15 is 0 Å². The number of fused-ring (bicyclic) bond motifs is 1. The Hall–Kier alpha value is -3.94. The smallest absolute Gasteiger partial charge is 0.255 e. The Kier molecular flexibility index (Phi) is 6.07. The maximum Gasteiger partial charge on any atom is 0.255 e. The van der Waals surface area contributed by atoms with Crippen LogP contribution >= 0.6 is 0 Å². The minimum Gasteiger partial charge on any atom is -0.493 e. The van der Waals surface area contributed by atoms with Crippen molar-refractivity contribution >= 4 is 22.5 Å². The maximum absolute atomic E-state index is 13.0. The molecule has 0 unspecified atom stereocenters. The van der Waals surface area contributed by atoms with Gasteiger partial charge < -0.3 is 15.4 Å². The minimum absolute atomic E-state index is 0.169. The van der Waals surface area contributed by atoms with Gasteiger partial charge in [0.15, 0.2) is 5.82 Å². The van der Waals surface area contributed by atoms with Crippen LogP contribution in [0.1, 0.15) is 23.0 Å². The van der Waals surface area contributed by atoms with E-state index in [2.05, 4.69) is 25.7 Å². The molecule has 4 aromatic rings. The summed E-state index contributed by atoms with van der Waals surface area (Å²) < 4.78 is 7.39. The zero-order valence-electron chi connectivity index (χ0n) is 17.5. The number of benzene rings is 2. The van der Waals surface area contributed by atoms with Crippen LogP contribution in [0.4, 0.5) is 5.82 Å². The number of amides is 1. The van der Waals surface area contributed by atoms with Gasteiger partial charge in [-0.05, 0) is 36.8 Å². The third-order valence-corrected chi connectivity index (χ3v) is 4.74. The van der Waals surface area contributed by atoms with Gasteiger partial charge in [-0.25, -0.2) is 14.6 Å². The first-order chi connectivity index (χ1) is 15.2. The predicted molar refractivity (Wildman–Crippen MR) is 120 cm³/mol. The van der Waals surface area contributed by atoms with Gasteiger partial charge in [0, 0.05) is 25.4 Å². The first kappa shape index (κ1) is 20.3. The molecule has 0 aliphatic carbocycles. The average molecular weight is 416 g/mol. The highest BCUT2D eigenvalue weighted by molar-refractivity contribution is 6.09. The van der Waals surface area contributed by atoms with E-state index < -0.39 is 0 Å². The fourth-order valence-electron chi connectivity index (χ4n) is 3.33. The molecule has 0 atom stereocenters. The van der Waals surface area contributed by atoms with E-state index in [1.54, 1.807) is 4.68 Å². The molecule has 0 spiro atoms. The molecule has 0 radical (unpaired) electrons. The highest BCUT2D eigenvalue weighted by Crippen LogP contribution is 2.28. The first-order valence-corrected chi connectivity index (χ1v) is 10.2. The van der Waals surface area contributed by atoms with E-state index in [0.717, 1.165) is 16.5 Å². The van der Waals surface area contributed by atoms with Crippen molar-refractivity contribution in [3.05, 3.63) is 72.3 Å². The van der Waals surface area contributed by atoms with Crippen molar-refractivity contribution in [3.63, 3.8) is 0 Å². The van der Waals surface area contributed by atoms with Crippen LogP contribution in [0.15, 0.2) is 61.1 Å². The molecule has 0 aliphatic heterocycles. The Bertz CT molecular complexity index is 1200. The van der Waals surface area contributed by atoms with Gasteiger partial charge in [-0.15, -0.1) is 0 Å². The lowest BCUT2D eigenvalue weighted by atomic mass is 10.0. The van der Waals surface area contributed by atoms with E-state index in [0.29, 0.717) is 42.6 Å². The number of ether oxygens (including phenoxy) is 1. The molecule has 2 heterocycles. The summed E-state index contributed by atoms with van der Waals surface area (Å²) in [6.45, 7) is 5.25. The summed E-state index contributed by atoms with van der Waals surface area (Å²) >= 11 is 0. The second kappa shape index (κ2) is 9.25. The van der Waals surface area contributed by atoms with Crippen LogP contribution < -0.4 is 15.4 Å². The predicted octanol–water partition coefficient (Wildman–Crippen LogP) is 3.36. The van der Waals surface area contributed by atoms with E-state index in [1.807, 2.05) is 68.6 Å². The molecular weight excluding hydrogens is 392 g/mol. The minimum atomic E-state index is -0.169. The van der Waals surface area contributed by atoms with Crippen LogP contribution in [0, 0.1) is 6.92 Å². The van der Waals surface area contributed by atoms with E-state index in [1.165, 1.54) is 6.33 Å². The third-order valence-electron chi connectivity index (χ3n) is 4.74. The Morgan fingerprint density at radius 3 is 2.77 bits per heavy atom. The Morgan fingerprint density at radius 1 is 1.10 bits per heavy atom. The molecule has 31 heavy (non-hydrogen) atoms. The summed E-state index contributed by atoms with van der Waals surface area (Å²) in [6, 6.07) is 15.3. The van der Waals surface area contributed by atoms with Gasteiger partial charge in [-0.1, -0.05) is 30.3 Å². The molecule has 0 saturated heterocycles. The van der Waals surface area contributed by atoms with Crippen LogP contribution in [0.5, 0.6) is 5.75 Å². The topological polar surface area (TPSA) is 94.0 Å². The Labute approximate surface area is 180 Å². The maximum atomic E-state index is 13.0. The van der Waals surface area contributed by atoms with Crippen molar-refractivity contribution < 1.29 is 9.53 Å². The number of carbonyl (C=O) groups excluding carboxylic acids is 1. The van der Waals surface area contributed by atoms with Crippen molar-refractivity contribution in [3.8, 4) is 11.6 Å². The zero-order valence-corrected chi connectivity index (χ0v) is 17.5. The normalized spacial score (nSPS) is 10.8.